The molecule has 1 aliphatic carbocycles. The first-order chi connectivity index (χ1) is 15.3. The molecule has 0 radical (unpaired) electrons. The van der Waals surface area contributed by atoms with Crippen LogP contribution < -0.4 is 5.32 Å². The average Bonchev–Trinajstić information content (AvgIpc) is 3.36. The van der Waals surface area contributed by atoms with E-state index in [4.69, 9.17) is 4.52 Å². The normalized spacial score (nSPS) is 20.1. The molecular weight excluding hydrogens is 448 g/mol. The van der Waals surface area contributed by atoms with Crippen LogP contribution in [0, 0.1) is 19.8 Å². The Bertz CT molecular complexity index is 1030. The molecule has 0 aromatic carbocycles. The zero-order valence-corrected chi connectivity index (χ0v) is 20.4. The van der Waals surface area contributed by atoms with E-state index in [-0.39, 0.29) is 22.8 Å². The number of piperidine rings is 1. The van der Waals surface area contributed by atoms with Crippen LogP contribution in [0.1, 0.15) is 68.6 Å². The first-order valence-electron chi connectivity index (χ1n) is 11.6. The predicted octanol–water partition coefficient (Wildman–Crippen LogP) is 4.04. The van der Waals surface area contributed by atoms with Crippen molar-refractivity contribution in [1.29, 1.82) is 0 Å². The van der Waals surface area contributed by atoms with Crippen molar-refractivity contribution in [2.24, 2.45) is 5.92 Å². The van der Waals surface area contributed by atoms with Crippen molar-refractivity contribution in [3.05, 3.63) is 16.8 Å². The minimum absolute atomic E-state index is 0.0918. The van der Waals surface area contributed by atoms with Crippen molar-refractivity contribution in [2.45, 2.75) is 82.6 Å². The number of aromatic nitrogens is 2. The molecule has 32 heavy (non-hydrogen) atoms. The Morgan fingerprint density at radius 3 is 2.38 bits per heavy atom. The van der Waals surface area contributed by atoms with Crippen LogP contribution in [-0.4, -0.2) is 47.9 Å². The van der Waals surface area contributed by atoms with Gasteiger partial charge in [-0.05, 0) is 38.7 Å². The van der Waals surface area contributed by atoms with E-state index in [1.165, 1.54) is 47.7 Å². The first kappa shape index (κ1) is 23.4. The van der Waals surface area contributed by atoms with Crippen molar-refractivity contribution in [1.82, 2.24) is 19.8 Å². The number of rotatable bonds is 5. The number of hydrogen-bond donors (Lipinski definition) is 1. The van der Waals surface area contributed by atoms with E-state index in [1.807, 2.05) is 0 Å². The molecule has 3 heterocycles. The van der Waals surface area contributed by atoms with E-state index >= 15 is 0 Å². The maximum atomic E-state index is 13.3. The molecule has 0 atom stereocenters. The van der Waals surface area contributed by atoms with Gasteiger partial charge >= 0.3 is 0 Å². The van der Waals surface area contributed by atoms with Gasteiger partial charge in [-0.15, -0.1) is 11.3 Å². The molecule has 2 aromatic rings. The van der Waals surface area contributed by atoms with Gasteiger partial charge in [0.1, 0.15) is 0 Å². The van der Waals surface area contributed by atoms with Crippen LogP contribution >= 0.6 is 11.3 Å². The molecular formula is C22H32N4O4S2. The fourth-order valence-electron chi connectivity index (χ4n) is 4.65. The zero-order chi connectivity index (χ0) is 22.7. The third kappa shape index (κ3) is 5.23. The molecule has 1 saturated carbocycles. The Morgan fingerprint density at radius 2 is 1.75 bits per heavy atom. The number of nitrogens with one attached hydrogen (secondary N) is 1. The molecule has 1 aliphatic heterocycles. The van der Waals surface area contributed by atoms with Gasteiger partial charge in [0.2, 0.25) is 27.6 Å². The quantitative estimate of drug-likeness (QED) is 0.692. The van der Waals surface area contributed by atoms with E-state index < -0.39 is 10.0 Å². The lowest BCUT2D eigenvalue weighted by molar-refractivity contribution is -0.127. The first-order valence-corrected chi connectivity index (χ1v) is 13.8. The van der Waals surface area contributed by atoms with Crippen LogP contribution in [0.5, 0.6) is 0 Å². The third-order valence-electron chi connectivity index (χ3n) is 6.51. The number of carbonyl (C=O) groups excluding carboxylic acids is 1. The van der Waals surface area contributed by atoms with Crippen molar-refractivity contribution >= 4 is 27.3 Å². The summed E-state index contributed by atoms with van der Waals surface area (Å²) in [6, 6.07) is 1.90. The second-order valence-corrected chi connectivity index (χ2v) is 12.1. The largest absolute Gasteiger partial charge is 0.353 e. The van der Waals surface area contributed by atoms with Gasteiger partial charge in [-0.3, -0.25) is 4.79 Å². The molecule has 1 saturated heterocycles. The van der Waals surface area contributed by atoms with Crippen LogP contribution in [-0.2, 0) is 14.8 Å². The van der Waals surface area contributed by atoms with Gasteiger partial charge in [0.05, 0.1) is 9.77 Å². The van der Waals surface area contributed by atoms with E-state index in [2.05, 4.69) is 15.5 Å². The monoisotopic (exact) mass is 480 g/mol. The SMILES string of the molecule is Cc1nc(-c2cc(S(=O)(=O)N3CCC(C(=O)NC4CCCCCCC4)CC3)c(C)s2)no1. The molecule has 10 heteroatoms. The highest BCUT2D eigenvalue weighted by atomic mass is 32.2. The van der Waals surface area contributed by atoms with Gasteiger partial charge < -0.3 is 9.84 Å². The summed E-state index contributed by atoms with van der Waals surface area (Å²) < 4.78 is 33.1. The second-order valence-electron chi connectivity index (χ2n) is 8.90. The minimum atomic E-state index is -3.63. The van der Waals surface area contributed by atoms with Crippen molar-refractivity contribution in [3.63, 3.8) is 0 Å². The number of sulfonamides is 1. The van der Waals surface area contributed by atoms with Gasteiger partial charge in [-0.1, -0.05) is 37.3 Å². The van der Waals surface area contributed by atoms with Crippen molar-refractivity contribution in [2.75, 3.05) is 13.1 Å². The summed E-state index contributed by atoms with van der Waals surface area (Å²) in [5.74, 6) is 0.819. The second kappa shape index (κ2) is 10.0. The number of hydrogen-bond acceptors (Lipinski definition) is 7. The molecule has 2 fully saturated rings. The maximum absolute atomic E-state index is 13.3. The van der Waals surface area contributed by atoms with Gasteiger partial charge in [-0.2, -0.15) is 9.29 Å². The molecule has 1 N–H and O–H groups in total. The number of carbonyl (C=O) groups is 1. The Hall–Kier alpha value is -1.78. The number of thiophene rings is 1. The highest BCUT2D eigenvalue weighted by molar-refractivity contribution is 7.89. The van der Waals surface area contributed by atoms with E-state index in [1.54, 1.807) is 19.9 Å². The zero-order valence-electron chi connectivity index (χ0n) is 18.8. The number of aryl methyl sites for hydroxylation is 2. The van der Waals surface area contributed by atoms with E-state index in [0.29, 0.717) is 47.4 Å². The fraction of sp³-hybridized carbons (Fsp3) is 0.682. The number of amides is 1. The summed E-state index contributed by atoms with van der Waals surface area (Å²) in [5, 5.41) is 7.14. The smallest absolute Gasteiger partial charge is 0.244 e. The molecule has 4 rings (SSSR count). The number of nitrogens with zero attached hydrogens (tertiary/aromatic N) is 3. The summed E-state index contributed by atoms with van der Waals surface area (Å²) in [5.41, 5.74) is 0. The molecule has 0 spiro atoms. The van der Waals surface area contributed by atoms with Crippen LogP contribution in [0.25, 0.3) is 10.7 Å². The Labute approximate surface area is 193 Å². The van der Waals surface area contributed by atoms with Crippen molar-refractivity contribution < 1.29 is 17.7 Å². The topological polar surface area (TPSA) is 105 Å². The van der Waals surface area contributed by atoms with Crippen molar-refractivity contribution in [3.8, 4) is 10.7 Å². The average molecular weight is 481 g/mol. The van der Waals surface area contributed by atoms with Gasteiger partial charge in [0.15, 0.2) is 0 Å². The standard InChI is InChI=1S/C22H32N4O4S2/c1-15-20(14-19(31-15)21-23-16(2)30-25-21)32(28,29)26-12-10-17(11-13-26)22(27)24-18-8-6-4-3-5-7-9-18/h14,17-18H,3-13H2,1-2H3,(H,24,27). The molecule has 0 unspecified atom stereocenters. The summed E-state index contributed by atoms with van der Waals surface area (Å²) >= 11 is 1.34. The van der Waals surface area contributed by atoms with E-state index in [0.717, 1.165) is 12.8 Å². The van der Waals surface area contributed by atoms with E-state index in [9.17, 15) is 13.2 Å². The summed E-state index contributed by atoms with van der Waals surface area (Å²) in [6.45, 7) is 4.21. The third-order valence-corrected chi connectivity index (χ3v) is 9.71. The highest BCUT2D eigenvalue weighted by Crippen LogP contribution is 2.35. The lowest BCUT2D eigenvalue weighted by atomic mass is 9.94. The highest BCUT2D eigenvalue weighted by Gasteiger charge is 2.34. The lowest BCUT2D eigenvalue weighted by Crippen LogP contribution is -2.45. The Kier molecular flexibility index (Phi) is 7.31. The molecule has 1 amide bonds. The molecule has 8 nitrogen and oxygen atoms in total. The van der Waals surface area contributed by atoms with Crippen LogP contribution in [0.4, 0.5) is 0 Å². The lowest BCUT2D eigenvalue weighted by Gasteiger charge is -2.31. The van der Waals surface area contributed by atoms with Crippen LogP contribution in [0.3, 0.4) is 0 Å². The fourth-order valence-corrected chi connectivity index (χ4v) is 7.60. The molecule has 2 aromatic heterocycles. The molecule has 176 valence electrons. The summed E-state index contributed by atoms with van der Waals surface area (Å²) in [4.78, 5) is 18.7. The molecule has 2 aliphatic rings. The minimum Gasteiger partial charge on any atom is -0.353 e. The Morgan fingerprint density at radius 1 is 1.09 bits per heavy atom. The van der Waals surface area contributed by atoms with Gasteiger partial charge in [-0.25, -0.2) is 8.42 Å². The Balaban J connectivity index is 1.37. The van der Waals surface area contributed by atoms with Crippen LogP contribution in [0.15, 0.2) is 15.5 Å². The predicted molar refractivity (Wildman–Crippen MR) is 123 cm³/mol. The summed E-state index contributed by atoms with van der Waals surface area (Å²) in [6.07, 6.45) is 9.36. The summed E-state index contributed by atoms with van der Waals surface area (Å²) in [7, 11) is -3.63. The maximum Gasteiger partial charge on any atom is 0.244 e. The van der Waals surface area contributed by atoms with Crippen LogP contribution in [0.2, 0.25) is 0 Å². The molecule has 0 bridgehead atoms. The van der Waals surface area contributed by atoms with Gasteiger partial charge in [0, 0.05) is 36.9 Å². The van der Waals surface area contributed by atoms with Gasteiger partial charge in [0.25, 0.3) is 0 Å².